The fourth-order valence-corrected chi connectivity index (χ4v) is 3.69. The molecule has 3 rings (SSSR count). The van der Waals surface area contributed by atoms with Crippen molar-refractivity contribution in [3.63, 3.8) is 0 Å². The monoisotopic (exact) mass is 412 g/mol. The summed E-state index contributed by atoms with van der Waals surface area (Å²) in [6, 6.07) is 10.7. The van der Waals surface area contributed by atoms with Gasteiger partial charge in [-0.1, -0.05) is 48.2 Å². The molecule has 1 heterocycles. The van der Waals surface area contributed by atoms with Crippen molar-refractivity contribution >= 4 is 46.0 Å². The maximum atomic E-state index is 13.3. The smallest absolute Gasteiger partial charge is 0.367 e. The lowest BCUT2D eigenvalue weighted by Crippen LogP contribution is -2.33. The minimum absolute atomic E-state index is 0.145. The average molecular weight is 412 g/mol. The van der Waals surface area contributed by atoms with E-state index < -0.39 is 23.5 Å². The predicted octanol–water partition coefficient (Wildman–Crippen LogP) is 5.12. The molecule has 0 radical (unpaired) electrons. The molecule has 1 fully saturated rings. The van der Waals surface area contributed by atoms with E-state index in [4.69, 9.17) is 12.2 Å². The molecule has 0 aliphatic carbocycles. The zero-order valence-corrected chi connectivity index (χ0v) is 15.2. The van der Waals surface area contributed by atoms with Gasteiger partial charge in [-0.2, -0.15) is 13.2 Å². The third-order valence-electron chi connectivity index (χ3n) is 3.68. The number of anilines is 1. The molecule has 0 atom stereocenters. The van der Waals surface area contributed by atoms with Gasteiger partial charge in [-0.3, -0.25) is 9.69 Å². The van der Waals surface area contributed by atoms with E-state index in [1.165, 1.54) is 42.5 Å². The topological polar surface area (TPSA) is 32.3 Å². The van der Waals surface area contributed by atoms with Crippen LogP contribution in [0.15, 0.2) is 53.4 Å². The van der Waals surface area contributed by atoms with Crippen LogP contribution in [0.2, 0.25) is 0 Å². The first-order chi connectivity index (χ1) is 12.8. The van der Waals surface area contributed by atoms with Crippen LogP contribution in [0.5, 0.6) is 0 Å². The number of para-hydroxylation sites is 1. The second kappa shape index (κ2) is 7.69. The Balaban J connectivity index is 1.76. The Bertz CT molecular complexity index is 928. The molecule has 1 aliphatic heterocycles. The van der Waals surface area contributed by atoms with E-state index in [1.807, 2.05) is 0 Å². The highest BCUT2D eigenvalue weighted by Gasteiger charge is 2.35. The number of nitrogens with zero attached hydrogens (tertiary/aromatic N) is 1. The molecule has 2 aromatic carbocycles. The molecular formula is C18H12F4N2OS2. The zero-order valence-electron chi connectivity index (χ0n) is 13.6. The highest BCUT2D eigenvalue weighted by Crippen LogP contribution is 2.36. The fourth-order valence-electron chi connectivity index (χ4n) is 2.43. The second-order valence-corrected chi connectivity index (χ2v) is 7.22. The summed E-state index contributed by atoms with van der Waals surface area (Å²) in [7, 11) is 0. The summed E-state index contributed by atoms with van der Waals surface area (Å²) in [5.41, 5.74) is -0.482. The Labute approximate surface area is 162 Å². The normalized spacial score (nSPS) is 16.3. The second-order valence-electron chi connectivity index (χ2n) is 5.54. The van der Waals surface area contributed by atoms with Crippen molar-refractivity contribution in [3.05, 3.63) is 70.4 Å². The van der Waals surface area contributed by atoms with Crippen LogP contribution in [-0.2, 0) is 11.0 Å². The van der Waals surface area contributed by atoms with Gasteiger partial charge < -0.3 is 5.32 Å². The minimum atomic E-state index is -4.52. The molecule has 1 N–H and O–H groups in total. The highest BCUT2D eigenvalue weighted by molar-refractivity contribution is 8.26. The van der Waals surface area contributed by atoms with E-state index in [9.17, 15) is 22.4 Å². The van der Waals surface area contributed by atoms with E-state index in [2.05, 4.69) is 5.32 Å². The lowest BCUT2D eigenvalue weighted by Gasteiger charge is -2.19. The van der Waals surface area contributed by atoms with Crippen molar-refractivity contribution in [2.45, 2.75) is 6.18 Å². The predicted molar refractivity (Wildman–Crippen MR) is 101 cm³/mol. The summed E-state index contributed by atoms with van der Waals surface area (Å²) >= 11 is 6.16. The molecule has 140 valence electrons. The third kappa shape index (κ3) is 4.48. The molecule has 0 aromatic heterocycles. The van der Waals surface area contributed by atoms with Gasteiger partial charge in [0.15, 0.2) is 0 Å². The maximum absolute atomic E-state index is 13.3. The molecule has 27 heavy (non-hydrogen) atoms. The Morgan fingerprint density at radius 3 is 2.59 bits per heavy atom. The van der Waals surface area contributed by atoms with Crippen LogP contribution in [0.3, 0.4) is 0 Å². The van der Waals surface area contributed by atoms with Gasteiger partial charge in [-0.15, -0.1) is 0 Å². The third-order valence-corrected chi connectivity index (χ3v) is 5.06. The SMILES string of the molecule is O=C1C(=Cc2cccc(F)c2)SC(=S)N1CNc1ccccc1C(F)(F)F. The standard InChI is InChI=1S/C18H12F4N2OS2/c19-12-5-3-4-11(8-12)9-15-16(25)24(17(26)27-15)10-23-14-7-2-1-6-13(14)18(20,21)22/h1-9,23H,10H2. The zero-order chi connectivity index (χ0) is 19.6. The Morgan fingerprint density at radius 2 is 1.89 bits per heavy atom. The average Bonchev–Trinajstić information content (AvgIpc) is 2.86. The number of alkyl halides is 3. The number of benzene rings is 2. The summed E-state index contributed by atoms with van der Waals surface area (Å²) in [6.07, 6.45) is -3.03. The van der Waals surface area contributed by atoms with Crippen molar-refractivity contribution in [2.24, 2.45) is 0 Å². The number of thiocarbonyl (C=S) groups is 1. The first-order valence-electron chi connectivity index (χ1n) is 7.67. The summed E-state index contributed by atoms with van der Waals surface area (Å²) in [4.78, 5) is 13.9. The largest absolute Gasteiger partial charge is 0.418 e. The van der Waals surface area contributed by atoms with Gasteiger partial charge in [0.2, 0.25) is 0 Å². The molecule has 0 spiro atoms. The summed E-state index contributed by atoms with van der Waals surface area (Å²) < 4.78 is 52.6. The van der Waals surface area contributed by atoms with Crippen LogP contribution >= 0.6 is 24.0 Å². The molecule has 0 unspecified atom stereocenters. The van der Waals surface area contributed by atoms with Crippen LogP contribution in [-0.4, -0.2) is 21.8 Å². The lowest BCUT2D eigenvalue weighted by molar-refractivity contribution is -0.137. The van der Waals surface area contributed by atoms with Gasteiger partial charge in [0, 0.05) is 5.69 Å². The molecule has 9 heteroatoms. The van der Waals surface area contributed by atoms with Crippen LogP contribution in [0, 0.1) is 5.82 Å². The van der Waals surface area contributed by atoms with Gasteiger partial charge in [-0.25, -0.2) is 4.39 Å². The van der Waals surface area contributed by atoms with Crippen LogP contribution in [0.25, 0.3) is 6.08 Å². The quantitative estimate of drug-likeness (QED) is 0.430. The molecule has 3 nitrogen and oxygen atoms in total. The summed E-state index contributed by atoms with van der Waals surface area (Å²) in [6.45, 7) is -0.210. The molecule has 0 saturated carbocycles. The number of hydrogen-bond acceptors (Lipinski definition) is 4. The number of carbonyl (C=O) groups is 1. The van der Waals surface area contributed by atoms with Gasteiger partial charge >= 0.3 is 6.18 Å². The number of rotatable bonds is 4. The number of thioether (sulfide) groups is 1. The first kappa shape index (κ1) is 19.4. The van der Waals surface area contributed by atoms with Crippen molar-refractivity contribution in [1.29, 1.82) is 0 Å². The van der Waals surface area contributed by atoms with Crippen LogP contribution < -0.4 is 5.32 Å². The van der Waals surface area contributed by atoms with E-state index in [-0.39, 0.29) is 21.6 Å². The maximum Gasteiger partial charge on any atom is 0.418 e. The van der Waals surface area contributed by atoms with E-state index in [0.717, 1.165) is 22.7 Å². The Morgan fingerprint density at radius 1 is 1.15 bits per heavy atom. The molecule has 0 bridgehead atoms. The number of halogens is 4. The molecular weight excluding hydrogens is 400 g/mol. The van der Waals surface area contributed by atoms with Gasteiger partial charge in [0.1, 0.15) is 10.1 Å². The van der Waals surface area contributed by atoms with Gasteiger partial charge in [-0.05, 0) is 35.9 Å². The van der Waals surface area contributed by atoms with Gasteiger partial charge in [0.25, 0.3) is 5.91 Å². The van der Waals surface area contributed by atoms with Crippen molar-refractivity contribution in [1.82, 2.24) is 4.90 Å². The van der Waals surface area contributed by atoms with E-state index >= 15 is 0 Å². The number of amides is 1. The minimum Gasteiger partial charge on any atom is -0.367 e. The molecule has 2 aromatic rings. The Kier molecular flexibility index (Phi) is 5.52. The lowest BCUT2D eigenvalue weighted by atomic mass is 10.1. The van der Waals surface area contributed by atoms with Crippen molar-refractivity contribution < 1.29 is 22.4 Å². The summed E-state index contributed by atoms with van der Waals surface area (Å²) in [5.74, 6) is -0.893. The fraction of sp³-hybridized carbons (Fsp3) is 0.111. The summed E-state index contributed by atoms with van der Waals surface area (Å²) in [5, 5.41) is 2.61. The molecule has 1 amide bonds. The molecule has 1 aliphatic rings. The van der Waals surface area contributed by atoms with Crippen LogP contribution in [0.1, 0.15) is 11.1 Å². The van der Waals surface area contributed by atoms with Crippen molar-refractivity contribution in [3.8, 4) is 0 Å². The van der Waals surface area contributed by atoms with Gasteiger partial charge in [0.05, 0.1) is 17.1 Å². The van der Waals surface area contributed by atoms with Crippen LogP contribution in [0.4, 0.5) is 23.2 Å². The van der Waals surface area contributed by atoms with E-state index in [1.54, 1.807) is 6.07 Å². The molecule has 1 saturated heterocycles. The van der Waals surface area contributed by atoms with Crippen molar-refractivity contribution in [2.75, 3.05) is 12.0 Å². The Hall–Kier alpha value is -2.39. The first-order valence-corrected chi connectivity index (χ1v) is 8.89. The highest BCUT2D eigenvalue weighted by atomic mass is 32.2. The number of carbonyl (C=O) groups excluding carboxylic acids is 1. The number of hydrogen-bond donors (Lipinski definition) is 1. The number of nitrogens with one attached hydrogen (secondary N) is 1. The van der Waals surface area contributed by atoms with E-state index in [0.29, 0.717) is 5.56 Å².